The molecule has 0 bridgehead atoms. The van der Waals surface area contributed by atoms with Crippen molar-refractivity contribution in [3.63, 3.8) is 0 Å². The molecule has 0 unspecified atom stereocenters. The Morgan fingerprint density at radius 3 is 2.52 bits per heavy atom. The lowest BCUT2D eigenvalue weighted by molar-refractivity contribution is -0.123. The number of carbonyl (C=O) groups is 1. The van der Waals surface area contributed by atoms with Gasteiger partial charge in [0.25, 0.3) is 5.91 Å². The second kappa shape index (κ2) is 9.01. The summed E-state index contributed by atoms with van der Waals surface area (Å²) in [7, 11) is -3.33. The summed E-state index contributed by atoms with van der Waals surface area (Å²) in [6.07, 6.45) is 1.11. The lowest BCUT2D eigenvalue weighted by atomic mass is 10.0. The number of amides is 1. The van der Waals surface area contributed by atoms with Crippen LogP contribution in [0.5, 0.6) is 5.75 Å². The number of benzene rings is 2. The Bertz CT molecular complexity index is 869. The van der Waals surface area contributed by atoms with Crippen LogP contribution in [0.3, 0.4) is 0 Å². The predicted octanol–water partition coefficient (Wildman–Crippen LogP) is 1.96. The average Bonchev–Trinajstić information content (AvgIpc) is 2.70. The SMILES string of the molecule is O=C(COc1ccccc1)NCCCS(=O)(=O)N1CCc2ccccc2C1. The summed E-state index contributed by atoms with van der Waals surface area (Å²) in [6, 6.07) is 17.0. The smallest absolute Gasteiger partial charge is 0.257 e. The molecule has 1 aliphatic heterocycles. The molecule has 2 aromatic carbocycles. The number of hydrogen-bond donors (Lipinski definition) is 1. The first kappa shape index (κ1) is 19.4. The van der Waals surface area contributed by atoms with Gasteiger partial charge in [-0.1, -0.05) is 42.5 Å². The zero-order chi connectivity index (χ0) is 19.1. The van der Waals surface area contributed by atoms with Crippen LogP contribution in [0.15, 0.2) is 54.6 Å². The van der Waals surface area contributed by atoms with Gasteiger partial charge in [0, 0.05) is 19.6 Å². The average molecular weight is 388 g/mol. The fourth-order valence-electron chi connectivity index (χ4n) is 3.04. The van der Waals surface area contributed by atoms with E-state index in [1.54, 1.807) is 12.1 Å². The van der Waals surface area contributed by atoms with E-state index in [0.717, 1.165) is 12.0 Å². The molecule has 1 amide bonds. The maximum Gasteiger partial charge on any atom is 0.257 e. The number of hydrogen-bond acceptors (Lipinski definition) is 4. The second-order valence-electron chi connectivity index (χ2n) is 6.47. The van der Waals surface area contributed by atoms with Crippen molar-refractivity contribution in [2.75, 3.05) is 25.4 Å². The standard InChI is InChI=1S/C20H24N2O4S/c23-20(16-26-19-9-2-1-3-10-19)21-12-6-14-27(24,25)22-13-11-17-7-4-5-8-18(17)15-22/h1-5,7-10H,6,11-16H2,(H,21,23). The molecular formula is C20H24N2O4S. The van der Waals surface area contributed by atoms with E-state index in [1.165, 1.54) is 9.87 Å². The zero-order valence-corrected chi connectivity index (χ0v) is 16.0. The Morgan fingerprint density at radius 1 is 1.04 bits per heavy atom. The number of carbonyl (C=O) groups excluding carboxylic acids is 1. The summed E-state index contributed by atoms with van der Waals surface area (Å²) < 4.78 is 32.0. The highest BCUT2D eigenvalue weighted by molar-refractivity contribution is 7.89. The number of fused-ring (bicyclic) bond motifs is 1. The largest absolute Gasteiger partial charge is 0.484 e. The van der Waals surface area contributed by atoms with Crippen molar-refractivity contribution in [2.24, 2.45) is 0 Å². The van der Waals surface area contributed by atoms with Gasteiger partial charge in [-0.25, -0.2) is 8.42 Å². The van der Waals surface area contributed by atoms with Crippen LogP contribution in [0.25, 0.3) is 0 Å². The number of para-hydroxylation sites is 1. The summed E-state index contributed by atoms with van der Waals surface area (Å²) in [5, 5.41) is 2.70. The molecule has 0 saturated heterocycles. The molecule has 0 spiro atoms. The second-order valence-corrected chi connectivity index (χ2v) is 8.56. The van der Waals surface area contributed by atoms with Gasteiger partial charge in [0.1, 0.15) is 5.75 Å². The molecule has 6 nitrogen and oxygen atoms in total. The van der Waals surface area contributed by atoms with Crippen LogP contribution in [-0.2, 0) is 27.8 Å². The molecule has 0 aromatic heterocycles. The molecule has 1 aliphatic rings. The maximum atomic E-state index is 12.5. The molecule has 1 heterocycles. The van der Waals surface area contributed by atoms with Crippen LogP contribution in [0.2, 0.25) is 0 Å². The van der Waals surface area contributed by atoms with Crippen LogP contribution in [0, 0.1) is 0 Å². The summed E-state index contributed by atoms with van der Waals surface area (Å²) in [5.74, 6) is 0.387. The topological polar surface area (TPSA) is 75.7 Å². The van der Waals surface area contributed by atoms with Gasteiger partial charge in [-0.05, 0) is 36.1 Å². The number of sulfonamides is 1. The van der Waals surface area contributed by atoms with Crippen molar-refractivity contribution >= 4 is 15.9 Å². The number of rotatable bonds is 8. The molecule has 0 radical (unpaired) electrons. The molecule has 0 atom stereocenters. The minimum Gasteiger partial charge on any atom is -0.484 e. The van der Waals surface area contributed by atoms with E-state index in [-0.39, 0.29) is 18.3 Å². The quantitative estimate of drug-likeness (QED) is 0.702. The van der Waals surface area contributed by atoms with Gasteiger partial charge in [-0.15, -0.1) is 0 Å². The van der Waals surface area contributed by atoms with Crippen molar-refractivity contribution in [3.8, 4) is 5.75 Å². The van der Waals surface area contributed by atoms with Crippen molar-refractivity contribution in [1.29, 1.82) is 0 Å². The summed E-state index contributed by atoms with van der Waals surface area (Å²) >= 11 is 0. The number of nitrogens with one attached hydrogen (secondary N) is 1. The highest BCUT2D eigenvalue weighted by Gasteiger charge is 2.25. The van der Waals surface area contributed by atoms with Crippen molar-refractivity contribution < 1.29 is 17.9 Å². The minimum absolute atomic E-state index is 0.0228. The van der Waals surface area contributed by atoms with Crippen LogP contribution in [0.1, 0.15) is 17.5 Å². The molecule has 0 saturated carbocycles. The third kappa shape index (κ3) is 5.55. The number of nitrogens with zero attached hydrogens (tertiary/aromatic N) is 1. The Labute approximate surface area is 160 Å². The van der Waals surface area contributed by atoms with Gasteiger partial charge in [-0.3, -0.25) is 4.79 Å². The monoisotopic (exact) mass is 388 g/mol. The third-order valence-electron chi connectivity index (χ3n) is 4.50. The molecule has 3 rings (SSSR count). The maximum absolute atomic E-state index is 12.5. The first-order chi connectivity index (χ1) is 13.0. The van der Waals surface area contributed by atoms with Gasteiger partial charge in [0.15, 0.2) is 6.61 Å². The van der Waals surface area contributed by atoms with Crippen molar-refractivity contribution in [1.82, 2.24) is 9.62 Å². The van der Waals surface area contributed by atoms with Crippen molar-refractivity contribution in [3.05, 3.63) is 65.7 Å². The van der Waals surface area contributed by atoms with Crippen LogP contribution in [0.4, 0.5) is 0 Å². The van der Waals surface area contributed by atoms with E-state index < -0.39 is 10.0 Å². The Balaban J connectivity index is 1.39. The minimum atomic E-state index is -3.33. The summed E-state index contributed by atoms with van der Waals surface area (Å²) in [5.41, 5.74) is 2.29. The lowest BCUT2D eigenvalue weighted by Crippen LogP contribution is -2.38. The van der Waals surface area contributed by atoms with Crippen LogP contribution >= 0.6 is 0 Å². The fourth-order valence-corrected chi connectivity index (χ4v) is 4.51. The summed E-state index contributed by atoms with van der Waals surface area (Å²) in [4.78, 5) is 11.8. The molecule has 0 aliphatic carbocycles. The molecule has 27 heavy (non-hydrogen) atoms. The van der Waals surface area contributed by atoms with E-state index >= 15 is 0 Å². The van der Waals surface area contributed by atoms with E-state index in [2.05, 4.69) is 5.32 Å². The van der Waals surface area contributed by atoms with Gasteiger partial charge in [0.2, 0.25) is 10.0 Å². The van der Waals surface area contributed by atoms with E-state index in [1.807, 2.05) is 42.5 Å². The van der Waals surface area contributed by atoms with E-state index in [4.69, 9.17) is 4.74 Å². The lowest BCUT2D eigenvalue weighted by Gasteiger charge is -2.28. The highest BCUT2D eigenvalue weighted by Crippen LogP contribution is 2.21. The molecule has 2 aromatic rings. The molecule has 7 heteroatoms. The van der Waals surface area contributed by atoms with Crippen LogP contribution in [-0.4, -0.2) is 44.1 Å². The highest BCUT2D eigenvalue weighted by atomic mass is 32.2. The first-order valence-corrected chi connectivity index (χ1v) is 10.6. The Morgan fingerprint density at radius 2 is 1.74 bits per heavy atom. The molecule has 1 N–H and O–H groups in total. The number of ether oxygens (including phenoxy) is 1. The Kier molecular flexibility index (Phi) is 6.47. The van der Waals surface area contributed by atoms with E-state index in [0.29, 0.717) is 31.8 Å². The first-order valence-electron chi connectivity index (χ1n) is 9.04. The third-order valence-corrected chi connectivity index (χ3v) is 6.41. The van der Waals surface area contributed by atoms with Gasteiger partial charge in [0.05, 0.1) is 5.75 Å². The van der Waals surface area contributed by atoms with Crippen molar-refractivity contribution in [2.45, 2.75) is 19.4 Å². The molecular weight excluding hydrogens is 364 g/mol. The van der Waals surface area contributed by atoms with Gasteiger partial charge >= 0.3 is 0 Å². The zero-order valence-electron chi connectivity index (χ0n) is 15.1. The summed E-state index contributed by atoms with van der Waals surface area (Å²) in [6.45, 7) is 1.16. The van der Waals surface area contributed by atoms with E-state index in [9.17, 15) is 13.2 Å². The fraction of sp³-hybridized carbons (Fsp3) is 0.350. The Hall–Kier alpha value is -2.38. The predicted molar refractivity (Wildman–Crippen MR) is 104 cm³/mol. The molecule has 144 valence electrons. The normalized spacial score (nSPS) is 14.4. The van der Waals surface area contributed by atoms with Gasteiger partial charge in [-0.2, -0.15) is 4.31 Å². The van der Waals surface area contributed by atoms with Crippen LogP contribution < -0.4 is 10.1 Å². The molecule has 0 fully saturated rings. The van der Waals surface area contributed by atoms with Gasteiger partial charge < -0.3 is 10.1 Å².